The Balaban J connectivity index is 2.71. The molecule has 1 heterocycles. The van der Waals surface area contributed by atoms with Crippen molar-refractivity contribution in [3.63, 3.8) is 0 Å². The van der Waals surface area contributed by atoms with Crippen LogP contribution in [0.5, 0.6) is 0 Å². The van der Waals surface area contributed by atoms with Gasteiger partial charge in [0.1, 0.15) is 11.8 Å². The summed E-state index contributed by atoms with van der Waals surface area (Å²) in [5.41, 5.74) is 0.451. The molecule has 4 heteroatoms. The third-order valence-electron chi connectivity index (χ3n) is 1.45. The molecule has 0 aliphatic heterocycles. The molecule has 0 bridgehead atoms. The smallest absolute Gasteiger partial charge is 0.165 e. The van der Waals surface area contributed by atoms with Crippen LogP contribution in [0.2, 0.25) is 0 Å². The Morgan fingerprint density at radius 1 is 1.73 bits per heavy atom. The minimum atomic E-state index is -0.609. The van der Waals surface area contributed by atoms with E-state index in [2.05, 4.69) is 5.16 Å². The highest BCUT2D eigenvalue weighted by atomic mass is 16.5. The highest BCUT2D eigenvalue weighted by molar-refractivity contribution is 5.06. The summed E-state index contributed by atoms with van der Waals surface area (Å²) in [6.07, 6.45) is -0.0251. The molecule has 0 spiro atoms. The zero-order valence-electron chi connectivity index (χ0n) is 6.32. The van der Waals surface area contributed by atoms with Gasteiger partial charge >= 0.3 is 0 Å². The molecular weight excluding hydrogens is 146 g/mol. The monoisotopic (exact) mass is 157 g/mol. The molecule has 1 unspecified atom stereocenters. The molecule has 0 saturated carbocycles. The van der Waals surface area contributed by atoms with Crippen LogP contribution < -0.4 is 0 Å². The summed E-state index contributed by atoms with van der Waals surface area (Å²) in [5.74, 6) is 0.413. The number of nitrogens with zero attached hydrogens (tertiary/aromatic N) is 1. The summed E-state index contributed by atoms with van der Waals surface area (Å²) in [4.78, 5) is 0. The first-order valence-electron chi connectivity index (χ1n) is 3.52. The normalized spacial score (nSPS) is 13.4. The number of hydrogen-bond donors (Lipinski definition) is 2. The Bertz CT molecular complexity index is 221. The molecule has 1 atom stereocenters. The molecular formula is C7H11NO3. The van der Waals surface area contributed by atoms with Gasteiger partial charge < -0.3 is 14.7 Å². The van der Waals surface area contributed by atoms with Crippen LogP contribution in [0.4, 0.5) is 0 Å². The summed E-state index contributed by atoms with van der Waals surface area (Å²) >= 11 is 0. The first-order valence-corrected chi connectivity index (χ1v) is 3.52. The third kappa shape index (κ3) is 1.78. The highest BCUT2D eigenvalue weighted by Crippen LogP contribution is 2.16. The average molecular weight is 157 g/mol. The van der Waals surface area contributed by atoms with E-state index in [4.69, 9.17) is 9.63 Å². The Morgan fingerprint density at radius 2 is 2.45 bits per heavy atom. The minimum absolute atomic E-state index is 0.153. The fourth-order valence-electron chi connectivity index (χ4n) is 0.761. The summed E-state index contributed by atoms with van der Waals surface area (Å²) in [6, 6.07) is 1.55. The SMILES string of the molecule is CCC(O)c1cc(CO)no1. The standard InChI is InChI=1S/C7H11NO3/c1-2-6(10)7-3-5(4-9)8-11-7/h3,6,9-10H,2,4H2,1H3. The van der Waals surface area contributed by atoms with Crippen LogP contribution in [-0.2, 0) is 6.61 Å². The quantitative estimate of drug-likeness (QED) is 0.674. The number of aliphatic hydroxyl groups is 2. The highest BCUT2D eigenvalue weighted by Gasteiger charge is 2.10. The van der Waals surface area contributed by atoms with Gasteiger partial charge in [-0.25, -0.2) is 0 Å². The molecule has 0 aromatic carbocycles. The topological polar surface area (TPSA) is 66.5 Å². The largest absolute Gasteiger partial charge is 0.390 e. The van der Waals surface area contributed by atoms with Gasteiger partial charge in [0, 0.05) is 6.07 Å². The number of rotatable bonds is 3. The fourth-order valence-corrected chi connectivity index (χ4v) is 0.761. The van der Waals surface area contributed by atoms with Crippen LogP contribution in [0, 0.1) is 0 Å². The van der Waals surface area contributed by atoms with Gasteiger partial charge in [0.15, 0.2) is 5.76 Å². The van der Waals surface area contributed by atoms with E-state index in [1.54, 1.807) is 6.07 Å². The van der Waals surface area contributed by atoms with Gasteiger partial charge in [0.2, 0.25) is 0 Å². The molecule has 62 valence electrons. The zero-order valence-corrected chi connectivity index (χ0v) is 6.32. The van der Waals surface area contributed by atoms with Crippen molar-refractivity contribution in [2.45, 2.75) is 26.1 Å². The van der Waals surface area contributed by atoms with E-state index in [-0.39, 0.29) is 6.61 Å². The fraction of sp³-hybridized carbons (Fsp3) is 0.571. The molecule has 0 radical (unpaired) electrons. The molecule has 1 rings (SSSR count). The molecule has 1 aromatic heterocycles. The maximum atomic E-state index is 9.22. The van der Waals surface area contributed by atoms with Crippen molar-refractivity contribution in [3.05, 3.63) is 17.5 Å². The molecule has 4 nitrogen and oxygen atoms in total. The summed E-state index contributed by atoms with van der Waals surface area (Å²) in [5, 5.41) is 21.3. The molecule has 0 fully saturated rings. The Labute approximate surface area is 64.4 Å². The average Bonchev–Trinajstić information content (AvgIpc) is 2.50. The van der Waals surface area contributed by atoms with Gasteiger partial charge in [0.05, 0.1) is 6.61 Å². The predicted molar refractivity (Wildman–Crippen MR) is 37.7 cm³/mol. The van der Waals surface area contributed by atoms with Gasteiger partial charge in [0.25, 0.3) is 0 Å². The van der Waals surface area contributed by atoms with Gasteiger partial charge in [-0.05, 0) is 6.42 Å². The lowest BCUT2D eigenvalue weighted by atomic mass is 10.2. The Morgan fingerprint density at radius 3 is 2.91 bits per heavy atom. The van der Waals surface area contributed by atoms with E-state index in [0.29, 0.717) is 17.9 Å². The van der Waals surface area contributed by atoms with Crippen molar-refractivity contribution in [2.24, 2.45) is 0 Å². The lowest BCUT2D eigenvalue weighted by Gasteiger charge is -1.99. The van der Waals surface area contributed by atoms with E-state index in [1.807, 2.05) is 6.92 Å². The van der Waals surface area contributed by atoms with E-state index >= 15 is 0 Å². The van der Waals surface area contributed by atoms with Crippen LogP contribution in [0.25, 0.3) is 0 Å². The zero-order chi connectivity index (χ0) is 8.27. The van der Waals surface area contributed by atoms with Crippen LogP contribution in [0.3, 0.4) is 0 Å². The van der Waals surface area contributed by atoms with Crippen LogP contribution in [0.15, 0.2) is 10.6 Å². The Kier molecular flexibility index (Phi) is 2.62. The van der Waals surface area contributed by atoms with Crippen molar-refractivity contribution in [3.8, 4) is 0 Å². The van der Waals surface area contributed by atoms with E-state index in [0.717, 1.165) is 0 Å². The van der Waals surface area contributed by atoms with Crippen molar-refractivity contribution in [1.29, 1.82) is 0 Å². The van der Waals surface area contributed by atoms with Gasteiger partial charge in [-0.2, -0.15) is 0 Å². The first-order chi connectivity index (χ1) is 5.27. The molecule has 1 aromatic rings. The number of hydrogen-bond acceptors (Lipinski definition) is 4. The van der Waals surface area contributed by atoms with Crippen molar-refractivity contribution in [2.75, 3.05) is 0 Å². The second kappa shape index (κ2) is 3.50. The van der Waals surface area contributed by atoms with Crippen LogP contribution >= 0.6 is 0 Å². The molecule has 0 aliphatic carbocycles. The second-order valence-corrected chi connectivity index (χ2v) is 2.30. The predicted octanol–water partition coefficient (Wildman–Crippen LogP) is 0.610. The molecule has 2 N–H and O–H groups in total. The van der Waals surface area contributed by atoms with Gasteiger partial charge in [-0.15, -0.1) is 0 Å². The van der Waals surface area contributed by atoms with Crippen LogP contribution in [0.1, 0.15) is 30.9 Å². The number of aliphatic hydroxyl groups excluding tert-OH is 2. The molecule has 11 heavy (non-hydrogen) atoms. The third-order valence-corrected chi connectivity index (χ3v) is 1.45. The van der Waals surface area contributed by atoms with Crippen molar-refractivity contribution in [1.82, 2.24) is 5.16 Å². The molecule has 0 aliphatic rings. The van der Waals surface area contributed by atoms with Crippen LogP contribution in [-0.4, -0.2) is 15.4 Å². The van der Waals surface area contributed by atoms with E-state index in [1.165, 1.54) is 0 Å². The minimum Gasteiger partial charge on any atom is -0.390 e. The first kappa shape index (κ1) is 8.23. The summed E-state index contributed by atoms with van der Waals surface area (Å²) in [6.45, 7) is 1.69. The van der Waals surface area contributed by atoms with Gasteiger partial charge in [-0.3, -0.25) is 0 Å². The van der Waals surface area contributed by atoms with Gasteiger partial charge in [-0.1, -0.05) is 12.1 Å². The maximum absolute atomic E-state index is 9.22. The molecule has 0 amide bonds. The lowest BCUT2D eigenvalue weighted by Crippen LogP contribution is -1.91. The Hall–Kier alpha value is -0.870. The molecule has 0 saturated heterocycles. The van der Waals surface area contributed by atoms with E-state index < -0.39 is 6.10 Å². The maximum Gasteiger partial charge on any atom is 0.165 e. The second-order valence-electron chi connectivity index (χ2n) is 2.30. The lowest BCUT2D eigenvalue weighted by molar-refractivity contribution is 0.135. The van der Waals surface area contributed by atoms with E-state index in [9.17, 15) is 5.11 Å². The summed E-state index contributed by atoms with van der Waals surface area (Å²) in [7, 11) is 0. The van der Waals surface area contributed by atoms with Crippen molar-refractivity contribution < 1.29 is 14.7 Å². The summed E-state index contributed by atoms with van der Waals surface area (Å²) < 4.78 is 4.75. The van der Waals surface area contributed by atoms with Crippen molar-refractivity contribution >= 4 is 0 Å². The number of aromatic nitrogens is 1.